The van der Waals surface area contributed by atoms with Crippen molar-refractivity contribution in [3.8, 4) is 0 Å². The van der Waals surface area contributed by atoms with Crippen molar-refractivity contribution in [2.45, 2.75) is 13.3 Å². The molecular formula is C5H6NO-. The Bertz CT molecular complexity index is 123. The van der Waals surface area contributed by atoms with Gasteiger partial charge < -0.3 is 4.52 Å². The lowest BCUT2D eigenvalue weighted by atomic mass is 10.3. The second-order valence-electron chi connectivity index (χ2n) is 1.31. The maximum Gasteiger partial charge on any atom is -0.0280 e. The van der Waals surface area contributed by atoms with Gasteiger partial charge in [0.1, 0.15) is 0 Å². The van der Waals surface area contributed by atoms with Gasteiger partial charge in [-0.2, -0.15) is 5.56 Å². The summed E-state index contributed by atoms with van der Waals surface area (Å²) in [6.07, 6.45) is 5.22. The largest absolute Gasteiger partial charge is 0.473 e. The molecule has 0 aromatic carbocycles. The van der Waals surface area contributed by atoms with Gasteiger partial charge in [0, 0.05) is 0 Å². The second-order valence-corrected chi connectivity index (χ2v) is 1.31. The minimum atomic E-state index is 0.948. The molecule has 0 unspecified atom stereocenters. The van der Waals surface area contributed by atoms with Crippen LogP contribution >= 0.6 is 0 Å². The molecule has 0 saturated heterocycles. The highest BCUT2D eigenvalue weighted by Gasteiger charge is 1.73. The Hall–Kier alpha value is -0.790. The fourth-order valence-electron chi connectivity index (χ4n) is 0.364. The van der Waals surface area contributed by atoms with E-state index in [2.05, 4.69) is 15.9 Å². The monoisotopic (exact) mass is 96.0 g/mol. The van der Waals surface area contributed by atoms with Crippen LogP contribution in [0.15, 0.2) is 10.8 Å². The molecule has 2 nitrogen and oxygen atoms in total. The number of rotatable bonds is 1. The van der Waals surface area contributed by atoms with Crippen LogP contribution in [0.2, 0.25) is 0 Å². The molecule has 0 spiro atoms. The average molecular weight is 96.1 g/mol. The number of hydrogen-bond acceptors (Lipinski definition) is 2. The molecule has 1 rings (SSSR count). The molecule has 0 atom stereocenters. The third-order valence-electron chi connectivity index (χ3n) is 0.818. The van der Waals surface area contributed by atoms with Crippen LogP contribution in [-0.4, -0.2) is 5.16 Å². The van der Waals surface area contributed by atoms with Crippen LogP contribution in [0.3, 0.4) is 0 Å². The van der Waals surface area contributed by atoms with Gasteiger partial charge in [0.05, 0.1) is 0 Å². The molecule has 38 valence electrons. The van der Waals surface area contributed by atoms with E-state index >= 15 is 0 Å². The summed E-state index contributed by atoms with van der Waals surface area (Å²) in [5.74, 6) is 0. The lowest BCUT2D eigenvalue weighted by Gasteiger charge is -1.86. The zero-order valence-corrected chi connectivity index (χ0v) is 4.14. The molecule has 0 saturated carbocycles. The van der Waals surface area contributed by atoms with Crippen molar-refractivity contribution in [3.05, 3.63) is 18.0 Å². The van der Waals surface area contributed by atoms with Crippen molar-refractivity contribution in [3.63, 3.8) is 0 Å². The highest BCUT2D eigenvalue weighted by Crippen LogP contribution is 1.93. The van der Waals surface area contributed by atoms with E-state index in [9.17, 15) is 0 Å². The standard InChI is InChI=1S/C5H6NO/c1-2-5-3-6-7-4-5/h4H,2H2,1H3/q-1. The molecule has 1 aromatic rings. The molecule has 0 N–H and O–H groups in total. The molecule has 1 aromatic heterocycles. The van der Waals surface area contributed by atoms with E-state index in [0.29, 0.717) is 0 Å². The SMILES string of the molecule is CCc1[c-]noc1. The molecule has 2 heteroatoms. The van der Waals surface area contributed by atoms with E-state index in [0.717, 1.165) is 12.0 Å². The quantitative estimate of drug-likeness (QED) is 0.488. The average Bonchev–Trinajstić information content (AvgIpc) is 2.14. The van der Waals surface area contributed by atoms with Crippen LogP contribution in [0.1, 0.15) is 12.5 Å². The number of aryl methyl sites for hydroxylation is 1. The number of aromatic nitrogens is 1. The van der Waals surface area contributed by atoms with Crippen LogP contribution in [-0.2, 0) is 6.42 Å². The van der Waals surface area contributed by atoms with Gasteiger partial charge in [-0.1, -0.05) is 19.5 Å². The van der Waals surface area contributed by atoms with Crippen molar-refractivity contribution in [2.75, 3.05) is 0 Å². The lowest BCUT2D eigenvalue weighted by molar-refractivity contribution is 0.417. The molecule has 0 aliphatic carbocycles. The summed E-state index contributed by atoms with van der Waals surface area (Å²) in [5.41, 5.74) is 1.03. The van der Waals surface area contributed by atoms with Gasteiger partial charge in [-0.05, 0) is 6.26 Å². The van der Waals surface area contributed by atoms with Gasteiger partial charge in [-0.15, -0.1) is 0 Å². The van der Waals surface area contributed by atoms with E-state index in [1.807, 2.05) is 6.92 Å². The fourth-order valence-corrected chi connectivity index (χ4v) is 0.364. The Balaban J connectivity index is 2.76. The Labute approximate surface area is 42.1 Å². The lowest BCUT2D eigenvalue weighted by Crippen LogP contribution is -1.68. The maximum absolute atomic E-state index is 4.50. The van der Waals surface area contributed by atoms with Crippen molar-refractivity contribution in [1.29, 1.82) is 0 Å². The zero-order valence-electron chi connectivity index (χ0n) is 4.14. The van der Waals surface area contributed by atoms with E-state index in [-0.39, 0.29) is 0 Å². The predicted octanol–water partition coefficient (Wildman–Crippen LogP) is 1.04. The van der Waals surface area contributed by atoms with Gasteiger partial charge in [-0.25, -0.2) is 5.16 Å². The molecule has 0 bridgehead atoms. The number of nitrogens with zero attached hydrogens (tertiary/aromatic N) is 1. The summed E-state index contributed by atoms with van der Waals surface area (Å²) in [6.45, 7) is 2.03. The highest BCUT2D eigenvalue weighted by atomic mass is 16.5. The third kappa shape index (κ3) is 0.796. The molecule has 0 aliphatic heterocycles. The normalized spacial score (nSPS) is 9.29. The minimum absolute atomic E-state index is 0.948. The predicted molar refractivity (Wildman–Crippen MR) is 24.7 cm³/mol. The molecular weight excluding hydrogens is 90.1 g/mol. The summed E-state index contributed by atoms with van der Waals surface area (Å²) < 4.78 is 4.50. The first-order valence-corrected chi connectivity index (χ1v) is 2.24. The van der Waals surface area contributed by atoms with Crippen LogP contribution in [0.5, 0.6) is 0 Å². The van der Waals surface area contributed by atoms with Crippen LogP contribution < -0.4 is 0 Å². The second kappa shape index (κ2) is 1.78. The molecule has 0 amide bonds. The topological polar surface area (TPSA) is 26.0 Å². The zero-order chi connectivity index (χ0) is 5.11. The molecule has 7 heavy (non-hydrogen) atoms. The van der Waals surface area contributed by atoms with Gasteiger partial charge in [0.15, 0.2) is 0 Å². The van der Waals surface area contributed by atoms with Gasteiger partial charge in [-0.3, -0.25) is 0 Å². The Morgan fingerprint density at radius 1 is 2.00 bits per heavy atom. The first kappa shape index (κ1) is 4.37. The van der Waals surface area contributed by atoms with Crippen LogP contribution in [0.4, 0.5) is 0 Å². The summed E-state index contributed by atoms with van der Waals surface area (Å²) in [5, 5.41) is 3.39. The first-order chi connectivity index (χ1) is 3.43. The maximum atomic E-state index is 4.50. The van der Waals surface area contributed by atoms with Crippen molar-refractivity contribution in [2.24, 2.45) is 0 Å². The Morgan fingerprint density at radius 3 is 3.14 bits per heavy atom. The van der Waals surface area contributed by atoms with E-state index in [1.165, 1.54) is 0 Å². The van der Waals surface area contributed by atoms with E-state index in [4.69, 9.17) is 0 Å². The van der Waals surface area contributed by atoms with Crippen LogP contribution in [0, 0.1) is 6.20 Å². The first-order valence-electron chi connectivity index (χ1n) is 2.24. The van der Waals surface area contributed by atoms with Gasteiger partial charge in [0.25, 0.3) is 0 Å². The fraction of sp³-hybridized carbons (Fsp3) is 0.400. The molecule has 0 aliphatic rings. The third-order valence-corrected chi connectivity index (χ3v) is 0.818. The van der Waals surface area contributed by atoms with E-state index < -0.39 is 0 Å². The molecule has 1 heterocycles. The van der Waals surface area contributed by atoms with Gasteiger partial charge in [0.2, 0.25) is 0 Å². The smallest absolute Gasteiger partial charge is 0.0280 e. The van der Waals surface area contributed by atoms with Crippen molar-refractivity contribution < 1.29 is 4.52 Å². The Morgan fingerprint density at radius 2 is 2.86 bits per heavy atom. The summed E-state index contributed by atoms with van der Waals surface area (Å²) in [7, 11) is 0. The summed E-state index contributed by atoms with van der Waals surface area (Å²) in [6, 6.07) is 0. The minimum Gasteiger partial charge on any atom is -0.473 e. The van der Waals surface area contributed by atoms with Crippen molar-refractivity contribution >= 4 is 0 Å². The van der Waals surface area contributed by atoms with Gasteiger partial charge >= 0.3 is 0 Å². The highest BCUT2D eigenvalue weighted by molar-refractivity contribution is 4.96. The van der Waals surface area contributed by atoms with Crippen LogP contribution in [0.25, 0.3) is 0 Å². The number of hydrogen-bond donors (Lipinski definition) is 0. The summed E-state index contributed by atoms with van der Waals surface area (Å²) >= 11 is 0. The Kier molecular flexibility index (Phi) is 1.11. The van der Waals surface area contributed by atoms with E-state index in [1.54, 1.807) is 6.26 Å². The summed E-state index contributed by atoms with van der Waals surface area (Å²) in [4.78, 5) is 0. The molecule has 0 radical (unpaired) electrons. The van der Waals surface area contributed by atoms with Crippen molar-refractivity contribution in [1.82, 2.24) is 5.16 Å². The molecule has 0 fully saturated rings.